The van der Waals surface area contributed by atoms with E-state index >= 15 is 0 Å². The number of rotatable bonds is 14. The van der Waals surface area contributed by atoms with Crippen LogP contribution >= 0.6 is 11.6 Å². The molecule has 1 aliphatic rings. The van der Waals surface area contributed by atoms with Crippen LogP contribution in [0.4, 0.5) is 4.79 Å². The van der Waals surface area contributed by atoms with Crippen LogP contribution in [-0.4, -0.2) is 73.8 Å². The van der Waals surface area contributed by atoms with Gasteiger partial charge in [-0.1, -0.05) is 129 Å². The maximum atomic E-state index is 13.3. The van der Waals surface area contributed by atoms with Crippen molar-refractivity contribution in [3.63, 3.8) is 0 Å². The summed E-state index contributed by atoms with van der Waals surface area (Å²) >= 11 is 6.23. The highest BCUT2D eigenvalue weighted by Gasteiger charge is 2.51. The molecule has 0 N–H and O–H groups in total. The number of ether oxygens (including phenoxy) is 2. The van der Waals surface area contributed by atoms with Gasteiger partial charge in [0.1, 0.15) is 12.3 Å². The molecule has 8 heteroatoms. The third-order valence-electron chi connectivity index (χ3n) is 9.24. The highest BCUT2D eigenvalue weighted by molar-refractivity contribution is 6.99. The average molecular weight is 703 g/mol. The molecule has 0 bridgehead atoms. The van der Waals surface area contributed by atoms with Crippen molar-refractivity contribution in [2.75, 3.05) is 32.2 Å². The molecule has 1 aliphatic heterocycles. The Kier molecular flexibility index (Phi) is 13.1. The Bertz CT molecular complexity index is 1480. The Morgan fingerprint density at radius 2 is 1.51 bits per heavy atom. The van der Waals surface area contributed by atoms with Gasteiger partial charge in [0.05, 0.1) is 24.8 Å². The van der Waals surface area contributed by atoms with Crippen LogP contribution in [0.15, 0.2) is 115 Å². The molecule has 0 unspecified atom stereocenters. The molecule has 264 valence electrons. The number of hydrogen-bond donors (Lipinski definition) is 0. The van der Waals surface area contributed by atoms with Gasteiger partial charge in [0.2, 0.25) is 0 Å². The number of halogens is 1. The summed E-state index contributed by atoms with van der Waals surface area (Å²) in [6.07, 6.45) is 5.88. The minimum Gasteiger partial charge on any atom is -0.445 e. The molecular weight excluding hydrogens is 648 g/mol. The molecule has 3 aromatic rings. The number of carbonyl (C=O) groups excluding carboxylic acids is 1. The van der Waals surface area contributed by atoms with Crippen LogP contribution in [0.1, 0.15) is 61.0 Å². The van der Waals surface area contributed by atoms with Gasteiger partial charge in [-0.05, 0) is 61.7 Å². The van der Waals surface area contributed by atoms with Crippen LogP contribution in [0.3, 0.4) is 0 Å². The third kappa shape index (κ3) is 9.53. The zero-order valence-corrected chi connectivity index (χ0v) is 32.4. The summed E-state index contributed by atoms with van der Waals surface area (Å²) in [5.41, 5.74) is 1.11. The standard InChI is InChI=1S/C41H55ClN2O4Si/c1-33(29-42)26-27-43(30-34-19-12-9-13-20-34)35(21-18-28-46-38(45)44-40(5,6)32-47-41(44,7)8)31-48-49(39(2,3)4,36-22-14-10-15-23-36)37-24-16-11-17-25-37/h9-26,35H,27-32H2,1-8H3/b21-18+,33-26+/t35-/m0/s1. The monoisotopic (exact) mass is 702 g/mol. The third-order valence-corrected chi connectivity index (χ3v) is 14.7. The van der Waals surface area contributed by atoms with Crippen molar-refractivity contribution in [2.24, 2.45) is 0 Å². The summed E-state index contributed by atoms with van der Waals surface area (Å²) in [6, 6.07) is 31.8. The fourth-order valence-corrected chi connectivity index (χ4v) is 11.5. The Morgan fingerprint density at radius 3 is 2.00 bits per heavy atom. The molecule has 0 saturated carbocycles. The second-order valence-corrected chi connectivity index (χ2v) is 19.6. The lowest BCUT2D eigenvalue weighted by Gasteiger charge is -2.44. The quantitative estimate of drug-likeness (QED) is 0.0965. The van der Waals surface area contributed by atoms with Crippen LogP contribution < -0.4 is 10.4 Å². The van der Waals surface area contributed by atoms with Gasteiger partial charge in [-0.15, -0.1) is 11.6 Å². The second-order valence-electron chi connectivity index (χ2n) is 15.0. The first-order chi connectivity index (χ1) is 23.2. The van der Waals surface area contributed by atoms with E-state index in [4.69, 9.17) is 25.5 Å². The van der Waals surface area contributed by atoms with Gasteiger partial charge in [-0.3, -0.25) is 9.80 Å². The number of hydrogen-bond acceptors (Lipinski definition) is 5. The first-order valence-corrected chi connectivity index (χ1v) is 19.7. The van der Waals surface area contributed by atoms with Gasteiger partial charge in [-0.25, -0.2) is 4.79 Å². The minimum absolute atomic E-state index is 0.132. The molecule has 0 aliphatic carbocycles. The van der Waals surface area contributed by atoms with E-state index in [9.17, 15) is 4.79 Å². The van der Waals surface area contributed by atoms with Crippen LogP contribution in [0.2, 0.25) is 5.04 Å². The molecule has 6 nitrogen and oxygen atoms in total. The summed E-state index contributed by atoms with van der Waals surface area (Å²) in [5.74, 6) is 0.473. The Labute approximate surface area is 300 Å². The molecule has 0 aromatic heterocycles. The molecule has 4 rings (SSSR count). The van der Waals surface area contributed by atoms with Crippen LogP contribution in [0.5, 0.6) is 0 Å². The van der Waals surface area contributed by atoms with Gasteiger partial charge >= 0.3 is 6.09 Å². The zero-order chi connectivity index (χ0) is 35.7. The molecular formula is C41H55ClN2O4Si. The van der Waals surface area contributed by atoms with Crippen molar-refractivity contribution in [3.8, 4) is 0 Å². The van der Waals surface area contributed by atoms with E-state index in [1.165, 1.54) is 15.9 Å². The molecule has 49 heavy (non-hydrogen) atoms. The molecule has 3 aromatic carbocycles. The number of alkyl halides is 1. The van der Waals surface area contributed by atoms with Gasteiger partial charge < -0.3 is 13.9 Å². The Morgan fingerprint density at radius 1 is 0.959 bits per heavy atom. The largest absolute Gasteiger partial charge is 0.445 e. The van der Waals surface area contributed by atoms with Gasteiger partial charge in [0, 0.05) is 19.0 Å². The van der Waals surface area contributed by atoms with E-state index < -0.39 is 19.6 Å². The van der Waals surface area contributed by atoms with Gasteiger partial charge in [-0.2, -0.15) is 0 Å². The Balaban J connectivity index is 1.71. The number of amides is 1. The van der Waals surface area contributed by atoms with Gasteiger partial charge in [0.15, 0.2) is 0 Å². The predicted octanol–water partition coefficient (Wildman–Crippen LogP) is 8.16. The maximum Gasteiger partial charge on any atom is 0.412 e. The van der Waals surface area contributed by atoms with Crippen LogP contribution in [0, 0.1) is 0 Å². The molecule has 1 atom stereocenters. The van der Waals surface area contributed by atoms with Crippen molar-refractivity contribution in [1.82, 2.24) is 9.80 Å². The topological polar surface area (TPSA) is 51.2 Å². The zero-order valence-electron chi connectivity index (χ0n) is 30.6. The van der Waals surface area contributed by atoms with E-state index in [0.717, 1.165) is 5.57 Å². The Hall–Kier alpha value is -3.20. The first kappa shape index (κ1) is 38.6. The smallest absolute Gasteiger partial charge is 0.412 e. The molecule has 1 saturated heterocycles. The second kappa shape index (κ2) is 16.7. The van der Waals surface area contributed by atoms with Crippen LogP contribution in [-0.2, 0) is 20.4 Å². The fourth-order valence-electron chi connectivity index (χ4n) is 6.79. The van der Waals surface area contributed by atoms with E-state index in [1.807, 2.05) is 39.8 Å². The molecule has 0 spiro atoms. The summed E-state index contributed by atoms with van der Waals surface area (Å²) in [4.78, 5) is 17.4. The van der Waals surface area contributed by atoms with Crippen molar-refractivity contribution < 1.29 is 18.7 Å². The molecule has 0 radical (unpaired) electrons. The highest BCUT2D eigenvalue weighted by atomic mass is 35.5. The number of allylic oxidation sites excluding steroid dienone is 1. The number of carbonyl (C=O) groups is 1. The van der Waals surface area contributed by atoms with Crippen LogP contribution in [0.25, 0.3) is 0 Å². The van der Waals surface area contributed by atoms with Gasteiger partial charge in [0.25, 0.3) is 8.32 Å². The molecule has 1 fully saturated rings. The predicted molar refractivity (Wildman–Crippen MR) is 205 cm³/mol. The molecule has 1 heterocycles. The summed E-state index contributed by atoms with van der Waals surface area (Å²) in [5, 5.41) is 2.29. The lowest BCUT2D eigenvalue weighted by Crippen LogP contribution is -2.67. The summed E-state index contributed by atoms with van der Waals surface area (Å²) < 4.78 is 19.2. The fraction of sp³-hybridized carbons (Fsp3) is 0.439. The van der Waals surface area contributed by atoms with Crippen molar-refractivity contribution in [1.29, 1.82) is 0 Å². The molecule has 1 amide bonds. The van der Waals surface area contributed by atoms with Crippen molar-refractivity contribution in [3.05, 3.63) is 120 Å². The first-order valence-electron chi connectivity index (χ1n) is 17.2. The number of benzene rings is 3. The van der Waals surface area contributed by atoms with E-state index in [-0.39, 0.29) is 23.8 Å². The summed E-state index contributed by atoms with van der Waals surface area (Å²) in [7, 11) is -2.82. The normalized spacial score (nSPS) is 17.1. The van der Waals surface area contributed by atoms with Crippen molar-refractivity contribution in [2.45, 2.75) is 84.3 Å². The van der Waals surface area contributed by atoms with E-state index in [0.29, 0.717) is 32.2 Å². The minimum atomic E-state index is -2.82. The van der Waals surface area contributed by atoms with Crippen molar-refractivity contribution >= 4 is 36.4 Å². The van der Waals surface area contributed by atoms with E-state index in [2.05, 4.69) is 130 Å². The number of nitrogens with zero attached hydrogens (tertiary/aromatic N) is 2. The SMILES string of the molecule is C/C(=C\CN(Cc1ccccc1)[C@@H](/C=C/COC(=O)N1C(C)(C)COC1(C)C)CO[Si](c1ccccc1)(c1ccccc1)C(C)(C)C)CCl. The highest BCUT2D eigenvalue weighted by Crippen LogP contribution is 2.37. The lowest BCUT2D eigenvalue weighted by atomic mass is 10.0. The lowest BCUT2D eigenvalue weighted by molar-refractivity contribution is -0.0503. The van der Waals surface area contributed by atoms with E-state index in [1.54, 1.807) is 4.90 Å². The maximum absolute atomic E-state index is 13.3. The average Bonchev–Trinajstić information content (AvgIpc) is 3.31. The summed E-state index contributed by atoms with van der Waals surface area (Å²) in [6.45, 7) is 19.1.